The van der Waals surface area contributed by atoms with Gasteiger partial charge in [-0.25, -0.2) is 5.10 Å². The maximum atomic E-state index is 5.44. The number of nitrogens with one attached hydrogen (secondary N) is 1. The van der Waals surface area contributed by atoms with Gasteiger partial charge in [0.1, 0.15) is 11.5 Å². The van der Waals surface area contributed by atoms with Crippen molar-refractivity contribution in [2.75, 3.05) is 14.2 Å². The Morgan fingerprint density at radius 1 is 1.25 bits per heavy atom. The van der Waals surface area contributed by atoms with Gasteiger partial charge in [0.2, 0.25) is 4.77 Å². The Kier molecular flexibility index (Phi) is 4.77. The molecule has 8 heteroatoms. The number of aromatic nitrogens is 3. The van der Waals surface area contributed by atoms with Crippen LogP contribution in [0.1, 0.15) is 9.75 Å². The monoisotopic (exact) mass is 360 g/mol. The number of thiophene rings is 1. The number of hydrogen-bond acceptors (Lipinski definition) is 6. The fraction of sp³-hybridized carbons (Fsp3) is 0.188. The highest BCUT2D eigenvalue weighted by molar-refractivity contribution is 7.71. The van der Waals surface area contributed by atoms with Crippen LogP contribution in [0.5, 0.6) is 11.5 Å². The van der Waals surface area contributed by atoms with E-state index >= 15 is 0 Å². The largest absolute Gasteiger partial charge is 0.497 e. The van der Waals surface area contributed by atoms with E-state index in [1.165, 1.54) is 4.88 Å². The molecule has 3 rings (SSSR count). The van der Waals surface area contributed by atoms with Gasteiger partial charge in [-0.2, -0.15) is 14.9 Å². The second kappa shape index (κ2) is 6.98. The van der Waals surface area contributed by atoms with Crippen LogP contribution in [-0.4, -0.2) is 35.3 Å². The molecule has 0 spiro atoms. The smallest absolute Gasteiger partial charge is 0.216 e. The van der Waals surface area contributed by atoms with E-state index in [0.29, 0.717) is 22.1 Å². The van der Waals surface area contributed by atoms with Gasteiger partial charge < -0.3 is 9.47 Å². The van der Waals surface area contributed by atoms with Gasteiger partial charge in [-0.05, 0) is 43.4 Å². The van der Waals surface area contributed by atoms with Crippen molar-refractivity contribution in [3.05, 3.63) is 44.9 Å². The van der Waals surface area contributed by atoms with Crippen LogP contribution < -0.4 is 9.47 Å². The lowest BCUT2D eigenvalue weighted by Gasteiger charge is -2.09. The molecule has 0 aliphatic carbocycles. The first-order valence-electron chi connectivity index (χ1n) is 7.13. The SMILES string of the molecule is COc1ccc(-c2n[nH]c(=S)n2/N=C\c2ccc(C)s2)c(OC)c1. The number of hydrogen-bond donors (Lipinski definition) is 1. The minimum absolute atomic E-state index is 0.410. The molecule has 0 saturated heterocycles. The second-order valence-corrected chi connectivity index (χ2v) is 6.63. The summed E-state index contributed by atoms with van der Waals surface area (Å²) >= 11 is 6.95. The Balaban J connectivity index is 2.04. The van der Waals surface area contributed by atoms with Crippen LogP contribution in [0.2, 0.25) is 0 Å². The molecule has 124 valence electrons. The number of ether oxygens (including phenoxy) is 2. The van der Waals surface area contributed by atoms with Crippen LogP contribution in [0.3, 0.4) is 0 Å². The molecule has 3 aromatic rings. The first-order chi connectivity index (χ1) is 11.6. The third-order valence-electron chi connectivity index (χ3n) is 3.36. The number of H-pyrrole nitrogens is 1. The summed E-state index contributed by atoms with van der Waals surface area (Å²) < 4.78 is 12.7. The van der Waals surface area contributed by atoms with Gasteiger partial charge in [0.15, 0.2) is 5.82 Å². The molecule has 6 nitrogen and oxygen atoms in total. The number of benzene rings is 1. The van der Waals surface area contributed by atoms with E-state index in [4.69, 9.17) is 21.7 Å². The maximum Gasteiger partial charge on any atom is 0.216 e. The van der Waals surface area contributed by atoms with Crippen molar-refractivity contribution in [3.8, 4) is 22.9 Å². The summed E-state index contributed by atoms with van der Waals surface area (Å²) in [6.45, 7) is 2.05. The van der Waals surface area contributed by atoms with Gasteiger partial charge in [-0.1, -0.05) is 0 Å². The predicted molar refractivity (Wildman–Crippen MR) is 98.0 cm³/mol. The van der Waals surface area contributed by atoms with Crippen molar-refractivity contribution >= 4 is 29.8 Å². The number of aromatic amines is 1. The van der Waals surface area contributed by atoms with Gasteiger partial charge in [0, 0.05) is 15.8 Å². The van der Waals surface area contributed by atoms with Gasteiger partial charge in [0.05, 0.1) is 26.0 Å². The molecule has 2 heterocycles. The zero-order chi connectivity index (χ0) is 17.1. The fourth-order valence-corrected chi connectivity index (χ4v) is 3.12. The van der Waals surface area contributed by atoms with E-state index in [1.54, 1.807) is 42.5 Å². The van der Waals surface area contributed by atoms with Crippen LogP contribution in [0, 0.1) is 11.7 Å². The quantitative estimate of drug-likeness (QED) is 0.554. The first-order valence-corrected chi connectivity index (χ1v) is 8.35. The van der Waals surface area contributed by atoms with Crippen LogP contribution in [0.25, 0.3) is 11.4 Å². The van der Waals surface area contributed by atoms with Crippen molar-refractivity contribution in [1.29, 1.82) is 0 Å². The minimum atomic E-state index is 0.410. The summed E-state index contributed by atoms with van der Waals surface area (Å²) in [5, 5.41) is 11.5. The molecule has 24 heavy (non-hydrogen) atoms. The normalized spacial score (nSPS) is 11.1. The molecule has 0 bridgehead atoms. The molecule has 0 aliphatic rings. The number of nitrogens with zero attached hydrogens (tertiary/aromatic N) is 3. The fourth-order valence-electron chi connectivity index (χ4n) is 2.19. The second-order valence-electron chi connectivity index (χ2n) is 4.92. The lowest BCUT2D eigenvalue weighted by molar-refractivity contribution is 0.395. The van der Waals surface area contributed by atoms with Crippen LogP contribution >= 0.6 is 23.6 Å². The Morgan fingerprint density at radius 2 is 2.08 bits per heavy atom. The summed E-state index contributed by atoms with van der Waals surface area (Å²) in [4.78, 5) is 2.27. The Morgan fingerprint density at radius 3 is 2.75 bits per heavy atom. The van der Waals surface area contributed by atoms with Crippen molar-refractivity contribution in [2.24, 2.45) is 5.10 Å². The molecule has 0 fully saturated rings. The molecule has 0 aliphatic heterocycles. The van der Waals surface area contributed by atoms with Crippen molar-refractivity contribution in [1.82, 2.24) is 14.9 Å². The van der Waals surface area contributed by atoms with E-state index in [2.05, 4.69) is 22.2 Å². The standard InChI is InChI=1S/C16H16N4O2S2/c1-10-4-6-12(24-10)9-17-20-15(18-19-16(20)23)13-7-5-11(21-2)8-14(13)22-3/h4-9H,1-3H3,(H,19,23)/b17-9-. The van der Waals surface area contributed by atoms with E-state index in [9.17, 15) is 0 Å². The molecule has 2 aromatic heterocycles. The first kappa shape index (κ1) is 16.4. The Hall–Kier alpha value is -2.45. The van der Waals surface area contributed by atoms with Gasteiger partial charge >= 0.3 is 0 Å². The molecule has 0 atom stereocenters. The third-order valence-corrected chi connectivity index (χ3v) is 4.56. The summed E-state index contributed by atoms with van der Waals surface area (Å²) in [5.74, 6) is 1.91. The van der Waals surface area contributed by atoms with E-state index in [0.717, 1.165) is 10.4 Å². The van der Waals surface area contributed by atoms with Gasteiger partial charge in [-0.3, -0.25) is 0 Å². The molecule has 0 amide bonds. The molecule has 0 saturated carbocycles. The van der Waals surface area contributed by atoms with E-state index in [-0.39, 0.29) is 0 Å². The topological polar surface area (TPSA) is 64.4 Å². The van der Waals surface area contributed by atoms with E-state index < -0.39 is 0 Å². The molecule has 1 N–H and O–H groups in total. The number of rotatable bonds is 5. The summed E-state index contributed by atoms with van der Waals surface area (Å²) in [6.07, 6.45) is 1.77. The average molecular weight is 360 g/mol. The maximum absolute atomic E-state index is 5.44. The predicted octanol–water partition coefficient (Wildman–Crippen LogP) is 3.88. The van der Waals surface area contributed by atoms with E-state index in [1.807, 2.05) is 24.3 Å². The van der Waals surface area contributed by atoms with Crippen LogP contribution in [0.4, 0.5) is 0 Å². The third kappa shape index (κ3) is 3.24. The van der Waals surface area contributed by atoms with Crippen molar-refractivity contribution in [3.63, 3.8) is 0 Å². The van der Waals surface area contributed by atoms with Crippen molar-refractivity contribution < 1.29 is 9.47 Å². The minimum Gasteiger partial charge on any atom is -0.497 e. The molecule has 1 aromatic carbocycles. The highest BCUT2D eigenvalue weighted by Crippen LogP contribution is 2.32. The molecular weight excluding hydrogens is 344 g/mol. The summed E-state index contributed by atoms with van der Waals surface area (Å²) in [7, 11) is 3.21. The molecular formula is C16H16N4O2S2. The van der Waals surface area contributed by atoms with Crippen molar-refractivity contribution in [2.45, 2.75) is 6.92 Å². The summed E-state index contributed by atoms with van der Waals surface area (Å²) in [6, 6.07) is 9.56. The Bertz CT molecular complexity index is 940. The highest BCUT2D eigenvalue weighted by atomic mass is 32.1. The molecule has 0 radical (unpaired) electrons. The average Bonchev–Trinajstić information content (AvgIpc) is 3.18. The lowest BCUT2D eigenvalue weighted by Crippen LogP contribution is -1.97. The molecule has 0 unspecified atom stereocenters. The highest BCUT2D eigenvalue weighted by Gasteiger charge is 2.14. The van der Waals surface area contributed by atoms with Gasteiger partial charge in [-0.15, -0.1) is 11.3 Å². The Labute approximate surface area is 148 Å². The lowest BCUT2D eigenvalue weighted by atomic mass is 10.2. The van der Waals surface area contributed by atoms with Crippen LogP contribution in [-0.2, 0) is 0 Å². The zero-order valence-electron chi connectivity index (χ0n) is 13.4. The van der Waals surface area contributed by atoms with Crippen LogP contribution in [0.15, 0.2) is 35.4 Å². The number of aryl methyl sites for hydroxylation is 1. The number of methoxy groups -OCH3 is 2. The summed E-state index contributed by atoms with van der Waals surface area (Å²) in [5.41, 5.74) is 0.769. The zero-order valence-corrected chi connectivity index (χ0v) is 15.1. The van der Waals surface area contributed by atoms with Gasteiger partial charge in [0.25, 0.3) is 0 Å².